The highest BCUT2D eigenvalue weighted by Gasteiger charge is 2.30. The van der Waals surface area contributed by atoms with E-state index in [1.165, 1.54) is 8.61 Å². The molecule has 2 aromatic rings. The summed E-state index contributed by atoms with van der Waals surface area (Å²) in [7, 11) is -7.41. The zero-order valence-corrected chi connectivity index (χ0v) is 20.6. The van der Waals surface area contributed by atoms with Crippen LogP contribution in [0.25, 0.3) is 0 Å². The Hall–Kier alpha value is -1.78. The van der Waals surface area contributed by atoms with Gasteiger partial charge in [0.15, 0.2) is 0 Å². The van der Waals surface area contributed by atoms with E-state index in [9.17, 15) is 16.8 Å². The maximum atomic E-state index is 13.6. The predicted molar refractivity (Wildman–Crippen MR) is 128 cm³/mol. The van der Waals surface area contributed by atoms with Gasteiger partial charge in [-0.2, -0.15) is 8.61 Å². The second-order valence-corrected chi connectivity index (χ2v) is 12.4. The smallest absolute Gasteiger partial charge is 0.243 e. The lowest BCUT2D eigenvalue weighted by Gasteiger charge is -2.29. The molecule has 1 heterocycles. The van der Waals surface area contributed by atoms with Crippen molar-refractivity contribution >= 4 is 20.0 Å². The zero-order valence-electron chi connectivity index (χ0n) is 19.0. The fourth-order valence-electron chi connectivity index (χ4n) is 3.79. The van der Waals surface area contributed by atoms with Gasteiger partial charge in [-0.05, 0) is 48.6 Å². The molecule has 176 valence electrons. The Balaban J connectivity index is 1.87. The molecular formula is C23H33N3O4S2. The van der Waals surface area contributed by atoms with Gasteiger partial charge in [0.2, 0.25) is 20.0 Å². The van der Waals surface area contributed by atoms with Crippen LogP contribution in [0.2, 0.25) is 0 Å². The minimum absolute atomic E-state index is 0.0839. The van der Waals surface area contributed by atoms with Crippen LogP contribution in [-0.4, -0.2) is 70.5 Å². The van der Waals surface area contributed by atoms with E-state index in [0.717, 1.165) is 16.7 Å². The molecule has 2 aromatic carbocycles. The Labute approximate surface area is 192 Å². The van der Waals surface area contributed by atoms with Gasteiger partial charge < -0.3 is 5.32 Å². The Morgan fingerprint density at radius 1 is 0.969 bits per heavy atom. The van der Waals surface area contributed by atoms with Crippen molar-refractivity contribution in [3.05, 3.63) is 65.2 Å². The van der Waals surface area contributed by atoms with Crippen LogP contribution in [0.15, 0.2) is 53.4 Å². The monoisotopic (exact) mass is 479 g/mol. The SMILES string of the molecule is Cc1ccc(S(=O)(=O)N(CCS(=O)(=O)N2CCNCC2)CC(C)c2ccccc2)cc1C. The molecule has 0 radical (unpaired) electrons. The van der Waals surface area contributed by atoms with Gasteiger partial charge in [-0.15, -0.1) is 0 Å². The van der Waals surface area contributed by atoms with E-state index >= 15 is 0 Å². The van der Waals surface area contributed by atoms with E-state index in [0.29, 0.717) is 26.2 Å². The molecule has 0 bridgehead atoms. The van der Waals surface area contributed by atoms with E-state index in [4.69, 9.17) is 0 Å². The molecule has 1 unspecified atom stereocenters. The maximum Gasteiger partial charge on any atom is 0.243 e. The van der Waals surface area contributed by atoms with Crippen LogP contribution in [0.1, 0.15) is 29.5 Å². The van der Waals surface area contributed by atoms with Crippen LogP contribution in [0.3, 0.4) is 0 Å². The lowest BCUT2D eigenvalue weighted by atomic mass is 10.0. The Bertz CT molecular complexity index is 1110. The number of hydrogen-bond donors (Lipinski definition) is 1. The third-order valence-electron chi connectivity index (χ3n) is 6.03. The van der Waals surface area contributed by atoms with Crippen molar-refractivity contribution in [2.24, 2.45) is 0 Å². The van der Waals surface area contributed by atoms with E-state index in [1.54, 1.807) is 18.2 Å². The molecular weight excluding hydrogens is 446 g/mol. The predicted octanol–water partition coefficient (Wildman–Crippen LogP) is 2.33. The summed E-state index contributed by atoms with van der Waals surface area (Å²) in [4.78, 5) is 0.195. The Morgan fingerprint density at radius 2 is 1.62 bits per heavy atom. The molecule has 1 fully saturated rings. The third-order valence-corrected chi connectivity index (χ3v) is 9.74. The molecule has 1 N–H and O–H groups in total. The minimum Gasteiger partial charge on any atom is -0.314 e. The number of rotatable bonds is 9. The van der Waals surface area contributed by atoms with Gasteiger partial charge in [-0.25, -0.2) is 16.8 Å². The molecule has 1 atom stereocenters. The molecule has 0 aromatic heterocycles. The average Bonchev–Trinajstić information content (AvgIpc) is 2.79. The summed E-state index contributed by atoms with van der Waals surface area (Å²) in [5.74, 6) is -0.321. The normalized spacial score (nSPS) is 16.9. The highest BCUT2D eigenvalue weighted by molar-refractivity contribution is 7.90. The molecule has 32 heavy (non-hydrogen) atoms. The van der Waals surface area contributed by atoms with Gasteiger partial charge >= 0.3 is 0 Å². The lowest BCUT2D eigenvalue weighted by Crippen LogP contribution is -2.48. The summed E-state index contributed by atoms with van der Waals surface area (Å²) in [5, 5.41) is 3.14. The lowest BCUT2D eigenvalue weighted by molar-refractivity contribution is 0.354. The molecule has 0 spiro atoms. The summed E-state index contributed by atoms with van der Waals surface area (Å²) in [5.41, 5.74) is 2.91. The van der Waals surface area contributed by atoms with Crippen LogP contribution in [0.5, 0.6) is 0 Å². The van der Waals surface area contributed by atoms with Crippen LogP contribution < -0.4 is 5.32 Å². The second-order valence-electron chi connectivity index (χ2n) is 8.39. The number of piperazine rings is 1. The first kappa shape index (κ1) is 24.9. The van der Waals surface area contributed by atoms with Gasteiger partial charge in [0.1, 0.15) is 0 Å². The average molecular weight is 480 g/mol. The highest BCUT2D eigenvalue weighted by Crippen LogP contribution is 2.24. The molecule has 0 amide bonds. The molecule has 3 rings (SSSR count). The van der Waals surface area contributed by atoms with Crippen LogP contribution in [-0.2, 0) is 20.0 Å². The fourth-order valence-corrected chi connectivity index (χ4v) is 6.97. The molecule has 7 nitrogen and oxygen atoms in total. The van der Waals surface area contributed by atoms with Crippen LogP contribution >= 0.6 is 0 Å². The van der Waals surface area contributed by atoms with Gasteiger partial charge in [-0.3, -0.25) is 0 Å². The number of benzene rings is 2. The van der Waals surface area contributed by atoms with E-state index in [2.05, 4.69) is 5.32 Å². The Morgan fingerprint density at radius 3 is 2.25 bits per heavy atom. The standard InChI is InChI=1S/C23H33N3O4S2/c1-19-9-10-23(17-20(19)2)32(29,30)26(18-21(3)22-7-5-4-6-8-22)15-16-31(27,28)25-13-11-24-12-14-25/h4-10,17,21,24H,11-16,18H2,1-3H3. The molecule has 0 aliphatic carbocycles. The third kappa shape index (κ3) is 5.96. The van der Waals surface area contributed by atoms with Crippen molar-refractivity contribution in [3.63, 3.8) is 0 Å². The van der Waals surface area contributed by atoms with Crippen molar-refractivity contribution < 1.29 is 16.8 Å². The largest absolute Gasteiger partial charge is 0.314 e. The number of nitrogens with zero attached hydrogens (tertiary/aromatic N) is 2. The Kier molecular flexibility index (Phi) is 8.11. The zero-order chi connectivity index (χ0) is 23.4. The first-order valence-electron chi connectivity index (χ1n) is 10.9. The van der Waals surface area contributed by atoms with Crippen molar-refractivity contribution in [2.45, 2.75) is 31.6 Å². The molecule has 1 saturated heterocycles. The fraction of sp³-hybridized carbons (Fsp3) is 0.478. The van der Waals surface area contributed by atoms with E-state index in [1.807, 2.05) is 51.1 Å². The molecule has 1 aliphatic rings. The first-order valence-corrected chi connectivity index (χ1v) is 14.0. The van der Waals surface area contributed by atoms with Gasteiger partial charge in [-0.1, -0.05) is 43.3 Å². The number of aryl methyl sites for hydroxylation is 2. The second kappa shape index (κ2) is 10.4. The minimum atomic E-state index is -3.86. The summed E-state index contributed by atoms with van der Waals surface area (Å²) in [6.45, 7) is 7.92. The van der Waals surface area contributed by atoms with Gasteiger partial charge in [0.05, 0.1) is 10.6 Å². The van der Waals surface area contributed by atoms with Gasteiger partial charge in [0, 0.05) is 39.3 Å². The first-order chi connectivity index (χ1) is 15.1. The van der Waals surface area contributed by atoms with E-state index in [-0.39, 0.29) is 29.7 Å². The van der Waals surface area contributed by atoms with Crippen LogP contribution in [0.4, 0.5) is 0 Å². The number of nitrogens with one attached hydrogen (secondary N) is 1. The molecule has 9 heteroatoms. The van der Waals surface area contributed by atoms with Crippen molar-refractivity contribution in [2.75, 3.05) is 45.0 Å². The molecule has 0 saturated carbocycles. The summed E-state index contributed by atoms with van der Waals surface area (Å²) < 4.78 is 55.7. The van der Waals surface area contributed by atoms with Crippen molar-refractivity contribution in [1.29, 1.82) is 0 Å². The van der Waals surface area contributed by atoms with Crippen LogP contribution in [0, 0.1) is 13.8 Å². The van der Waals surface area contributed by atoms with E-state index < -0.39 is 20.0 Å². The topological polar surface area (TPSA) is 86.8 Å². The van der Waals surface area contributed by atoms with Crippen molar-refractivity contribution in [3.8, 4) is 0 Å². The highest BCUT2D eigenvalue weighted by atomic mass is 32.2. The maximum absolute atomic E-state index is 13.6. The summed E-state index contributed by atoms with van der Waals surface area (Å²) in [6, 6.07) is 14.7. The molecule has 1 aliphatic heterocycles. The van der Waals surface area contributed by atoms with Crippen molar-refractivity contribution in [1.82, 2.24) is 13.9 Å². The number of hydrogen-bond acceptors (Lipinski definition) is 5. The summed E-state index contributed by atoms with van der Waals surface area (Å²) >= 11 is 0. The number of sulfonamides is 2. The van der Waals surface area contributed by atoms with Gasteiger partial charge in [0.25, 0.3) is 0 Å². The quantitative estimate of drug-likeness (QED) is 0.597. The summed E-state index contributed by atoms with van der Waals surface area (Å²) in [6.07, 6.45) is 0.